The van der Waals surface area contributed by atoms with Gasteiger partial charge in [-0.3, -0.25) is 0 Å². The highest BCUT2D eigenvalue weighted by atomic mass is 35.5. The minimum atomic E-state index is -0.443. The number of fused-ring (bicyclic) bond motifs is 1. The summed E-state index contributed by atoms with van der Waals surface area (Å²) < 4.78 is 14.0. The summed E-state index contributed by atoms with van der Waals surface area (Å²) in [5.74, 6) is -0.287. The molecule has 4 heteroatoms. The highest BCUT2D eigenvalue weighted by Gasteiger charge is 2.21. The first kappa shape index (κ1) is 14.4. The molecule has 0 bridgehead atoms. The maximum absolute atomic E-state index is 14.0. The van der Waals surface area contributed by atoms with E-state index in [4.69, 9.17) is 11.6 Å². The number of hydrogen-bond acceptors (Lipinski definition) is 2. The summed E-state index contributed by atoms with van der Waals surface area (Å²) in [5, 5.41) is 10.6. The minimum absolute atomic E-state index is 0.287. The first-order valence-corrected chi connectivity index (χ1v) is 7.49. The highest BCUT2D eigenvalue weighted by Crippen LogP contribution is 2.33. The molecule has 1 heterocycles. The van der Waals surface area contributed by atoms with Crippen LogP contribution in [0.2, 0.25) is 5.02 Å². The molecule has 0 saturated carbocycles. The number of anilines is 1. The lowest BCUT2D eigenvalue weighted by Crippen LogP contribution is -2.24. The summed E-state index contributed by atoms with van der Waals surface area (Å²) in [5.41, 5.74) is 2.52. The molecule has 0 saturated heterocycles. The predicted molar refractivity (Wildman–Crippen MR) is 83.1 cm³/mol. The van der Waals surface area contributed by atoms with Crippen molar-refractivity contribution in [1.29, 1.82) is 0 Å². The second-order valence-electron chi connectivity index (χ2n) is 5.37. The monoisotopic (exact) mass is 305 g/mol. The normalized spacial score (nSPS) is 18.2. The molecule has 110 valence electrons. The van der Waals surface area contributed by atoms with Gasteiger partial charge < -0.3 is 10.0 Å². The molecule has 3 rings (SSSR count). The van der Waals surface area contributed by atoms with Crippen molar-refractivity contribution in [3.05, 3.63) is 64.4 Å². The Labute approximate surface area is 128 Å². The van der Waals surface area contributed by atoms with Gasteiger partial charge in [-0.05, 0) is 31.0 Å². The van der Waals surface area contributed by atoms with Crippen LogP contribution in [0.5, 0.6) is 0 Å². The van der Waals surface area contributed by atoms with Crippen LogP contribution in [0.1, 0.15) is 30.1 Å². The van der Waals surface area contributed by atoms with Crippen LogP contribution in [0.25, 0.3) is 0 Å². The number of halogens is 2. The van der Waals surface area contributed by atoms with Crippen LogP contribution in [0, 0.1) is 5.82 Å². The number of hydrogen-bond donors (Lipinski definition) is 1. The lowest BCUT2D eigenvalue weighted by Gasteiger charge is -2.25. The zero-order valence-electron chi connectivity index (χ0n) is 11.6. The van der Waals surface area contributed by atoms with Gasteiger partial charge in [-0.1, -0.05) is 35.9 Å². The van der Waals surface area contributed by atoms with Crippen molar-refractivity contribution in [2.75, 3.05) is 11.4 Å². The second-order valence-corrected chi connectivity index (χ2v) is 5.81. The SMILES string of the molecule is OC1CCCN(Cc2ccc(Cl)cc2F)c2ccccc21. The quantitative estimate of drug-likeness (QED) is 0.893. The summed E-state index contributed by atoms with van der Waals surface area (Å²) in [7, 11) is 0. The van der Waals surface area contributed by atoms with Crippen molar-refractivity contribution in [3.8, 4) is 0 Å². The van der Waals surface area contributed by atoms with Crippen LogP contribution < -0.4 is 4.90 Å². The summed E-state index contributed by atoms with van der Waals surface area (Å²) in [4.78, 5) is 2.12. The number of aliphatic hydroxyl groups is 1. The van der Waals surface area contributed by atoms with E-state index >= 15 is 0 Å². The fraction of sp³-hybridized carbons (Fsp3) is 0.294. The number of benzene rings is 2. The number of nitrogens with zero attached hydrogens (tertiary/aromatic N) is 1. The maximum Gasteiger partial charge on any atom is 0.129 e. The second kappa shape index (κ2) is 6.04. The molecule has 0 spiro atoms. The van der Waals surface area contributed by atoms with Crippen LogP contribution in [0.4, 0.5) is 10.1 Å². The van der Waals surface area contributed by atoms with Crippen molar-refractivity contribution < 1.29 is 9.50 Å². The van der Waals surface area contributed by atoms with E-state index in [0.717, 1.165) is 30.6 Å². The first-order chi connectivity index (χ1) is 10.1. The van der Waals surface area contributed by atoms with Gasteiger partial charge in [0.2, 0.25) is 0 Å². The van der Waals surface area contributed by atoms with Gasteiger partial charge in [-0.15, -0.1) is 0 Å². The largest absolute Gasteiger partial charge is 0.388 e. The molecular weight excluding hydrogens is 289 g/mol. The Balaban J connectivity index is 1.93. The molecule has 0 aromatic heterocycles. The number of aliphatic hydroxyl groups excluding tert-OH is 1. The van der Waals surface area contributed by atoms with E-state index in [1.165, 1.54) is 6.07 Å². The molecule has 0 amide bonds. The zero-order chi connectivity index (χ0) is 14.8. The first-order valence-electron chi connectivity index (χ1n) is 7.11. The van der Waals surface area contributed by atoms with Crippen molar-refractivity contribution >= 4 is 17.3 Å². The predicted octanol–water partition coefficient (Wildman–Crippen LogP) is 4.31. The van der Waals surface area contributed by atoms with Gasteiger partial charge in [0.25, 0.3) is 0 Å². The highest BCUT2D eigenvalue weighted by molar-refractivity contribution is 6.30. The van der Waals surface area contributed by atoms with Gasteiger partial charge in [-0.2, -0.15) is 0 Å². The lowest BCUT2D eigenvalue weighted by atomic mass is 10.0. The van der Waals surface area contributed by atoms with Gasteiger partial charge in [0.1, 0.15) is 5.82 Å². The summed E-state index contributed by atoms with van der Waals surface area (Å²) in [6.07, 6.45) is 1.17. The maximum atomic E-state index is 14.0. The van der Waals surface area contributed by atoms with Gasteiger partial charge in [0.15, 0.2) is 0 Å². The molecule has 1 atom stereocenters. The minimum Gasteiger partial charge on any atom is -0.388 e. The molecule has 2 aromatic carbocycles. The third-order valence-corrected chi connectivity index (χ3v) is 4.15. The Kier molecular flexibility index (Phi) is 4.13. The molecule has 1 aliphatic heterocycles. The molecule has 1 N–H and O–H groups in total. The molecule has 0 radical (unpaired) electrons. The van der Waals surface area contributed by atoms with Gasteiger partial charge in [0.05, 0.1) is 6.10 Å². The standard InChI is InChI=1S/C17H17ClFNO/c18-13-8-7-12(15(19)10-13)11-20-9-3-6-17(21)14-4-1-2-5-16(14)20/h1-2,4-5,7-8,10,17,21H,3,6,9,11H2. The Hall–Kier alpha value is -1.58. The van der Waals surface area contributed by atoms with E-state index < -0.39 is 6.10 Å². The smallest absolute Gasteiger partial charge is 0.129 e. The van der Waals surface area contributed by atoms with Crippen LogP contribution in [0.3, 0.4) is 0 Å². The molecule has 0 fully saturated rings. The van der Waals surface area contributed by atoms with Crippen LogP contribution in [0.15, 0.2) is 42.5 Å². The molecule has 21 heavy (non-hydrogen) atoms. The Morgan fingerprint density at radius 1 is 1.24 bits per heavy atom. The summed E-state index contributed by atoms with van der Waals surface area (Å²) in [6.45, 7) is 1.28. The molecule has 1 unspecified atom stereocenters. The van der Waals surface area contributed by atoms with Crippen LogP contribution in [-0.2, 0) is 6.54 Å². The fourth-order valence-corrected chi connectivity index (χ4v) is 2.99. The third kappa shape index (κ3) is 3.04. The molecule has 2 nitrogen and oxygen atoms in total. The zero-order valence-corrected chi connectivity index (χ0v) is 12.4. The Morgan fingerprint density at radius 3 is 2.86 bits per heavy atom. The van der Waals surface area contributed by atoms with Crippen LogP contribution in [-0.4, -0.2) is 11.7 Å². The molecule has 0 aliphatic carbocycles. The number of rotatable bonds is 2. The summed E-state index contributed by atoms with van der Waals surface area (Å²) in [6, 6.07) is 12.6. The molecule has 2 aromatic rings. The van der Waals surface area contributed by atoms with E-state index in [1.807, 2.05) is 24.3 Å². The average molecular weight is 306 g/mol. The van der Waals surface area contributed by atoms with E-state index in [2.05, 4.69) is 4.90 Å². The Morgan fingerprint density at radius 2 is 2.05 bits per heavy atom. The van der Waals surface area contributed by atoms with Gasteiger partial charge in [-0.25, -0.2) is 4.39 Å². The molecule has 1 aliphatic rings. The van der Waals surface area contributed by atoms with E-state index in [9.17, 15) is 9.50 Å². The van der Waals surface area contributed by atoms with Gasteiger partial charge >= 0.3 is 0 Å². The topological polar surface area (TPSA) is 23.5 Å². The summed E-state index contributed by atoms with van der Waals surface area (Å²) >= 11 is 5.80. The van der Waals surface area contributed by atoms with Crippen molar-refractivity contribution in [3.63, 3.8) is 0 Å². The Bertz CT molecular complexity index is 646. The third-order valence-electron chi connectivity index (χ3n) is 3.92. The fourth-order valence-electron chi connectivity index (χ4n) is 2.83. The van der Waals surface area contributed by atoms with E-state index in [0.29, 0.717) is 17.1 Å². The van der Waals surface area contributed by atoms with Crippen LogP contribution >= 0.6 is 11.6 Å². The van der Waals surface area contributed by atoms with Gasteiger partial charge in [0, 0.05) is 34.9 Å². The van der Waals surface area contributed by atoms with Crippen molar-refractivity contribution in [1.82, 2.24) is 0 Å². The van der Waals surface area contributed by atoms with Crippen molar-refractivity contribution in [2.45, 2.75) is 25.5 Å². The van der Waals surface area contributed by atoms with E-state index in [-0.39, 0.29) is 5.82 Å². The molecular formula is C17H17ClFNO. The number of para-hydroxylation sites is 1. The lowest BCUT2D eigenvalue weighted by molar-refractivity contribution is 0.168. The average Bonchev–Trinajstić information content (AvgIpc) is 2.63. The van der Waals surface area contributed by atoms with E-state index in [1.54, 1.807) is 12.1 Å². The van der Waals surface area contributed by atoms with Crippen molar-refractivity contribution in [2.24, 2.45) is 0 Å².